The van der Waals surface area contributed by atoms with Crippen molar-refractivity contribution in [3.63, 3.8) is 0 Å². The van der Waals surface area contributed by atoms with Crippen LogP contribution in [-0.4, -0.2) is 31.2 Å². The molecule has 2 heterocycles. The molecule has 2 aliphatic heterocycles. The van der Waals surface area contributed by atoms with E-state index in [2.05, 4.69) is 21.5 Å². The second kappa shape index (κ2) is 7.81. The first-order valence-electron chi connectivity index (χ1n) is 8.85. The molecule has 138 valence electrons. The van der Waals surface area contributed by atoms with Crippen LogP contribution in [0.5, 0.6) is 0 Å². The number of amides is 1. The fraction of sp³-hybridized carbons (Fsp3) is 0.526. The summed E-state index contributed by atoms with van der Waals surface area (Å²) in [7, 11) is 0. The molecular formula is C19H22F2N4O. The van der Waals surface area contributed by atoms with E-state index >= 15 is 0 Å². The highest BCUT2D eigenvalue weighted by Crippen LogP contribution is 2.37. The molecule has 1 unspecified atom stereocenters. The average molecular weight is 360 g/mol. The van der Waals surface area contributed by atoms with Crippen LogP contribution >= 0.6 is 0 Å². The molecule has 1 atom stereocenters. The SMILES string of the molecule is C#CCCC1(CCC(=O)NCC2CCN(c3ccc(F)c(F)c3)C2)N=N1. The molecule has 0 aliphatic carbocycles. The van der Waals surface area contributed by atoms with Crippen LogP contribution in [0.4, 0.5) is 14.5 Å². The minimum absolute atomic E-state index is 0.0198. The Balaban J connectivity index is 1.38. The van der Waals surface area contributed by atoms with Crippen molar-refractivity contribution in [2.75, 3.05) is 24.5 Å². The number of hydrogen-bond donors (Lipinski definition) is 1. The molecule has 7 heteroatoms. The zero-order valence-corrected chi connectivity index (χ0v) is 14.5. The Morgan fingerprint density at radius 1 is 1.35 bits per heavy atom. The van der Waals surface area contributed by atoms with E-state index in [1.165, 1.54) is 6.07 Å². The number of benzene rings is 1. The summed E-state index contributed by atoms with van der Waals surface area (Å²) in [6, 6.07) is 3.94. The lowest BCUT2D eigenvalue weighted by atomic mass is 10.0. The van der Waals surface area contributed by atoms with Crippen molar-refractivity contribution in [2.45, 2.75) is 37.8 Å². The van der Waals surface area contributed by atoms with Crippen molar-refractivity contribution in [2.24, 2.45) is 16.1 Å². The third-order valence-electron chi connectivity index (χ3n) is 4.95. The molecule has 1 saturated heterocycles. The Kier molecular flexibility index (Phi) is 5.50. The van der Waals surface area contributed by atoms with Crippen LogP contribution in [0.2, 0.25) is 0 Å². The zero-order chi connectivity index (χ0) is 18.6. The Morgan fingerprint density at radius 2 is 2.15 bits per heavy atom. The van der Waals surface area contributed by atoms with Crippen molar-refractivity contribution < 1.29 is 13.6 Å². The molecule has 0 spiro atoms. The molecule has 1 amide bonds. The predicted octanol–water partition coefficient (Wildman–Crippen LogP) is 3.26. The second-order valence-corrected chi connectivity index (χ2v) is 6.89. The largest absolute Gasteiger partial charge is 0.371 e. The molecule has 0 saturated carbocycles. The van der Waals surface area contributed by atoms with E-state index in [1.54, 1.807) is 6.07 Å². The maximum atomic E-state index is 13.4. The molecule has 1 aromatic rings. The van der Waals surface area contributed by atoms with E-state index in [1.807, 2.05) is 4.90 Å². The summed E-state index contributed by atoms with van der Waals surface area (Å²) >= 11 is 0. The van der Waals surface area contributed by atoms with Gasteiger partial charge in [-0.05, 0) is 24.5 Å². The van der Waals surface area contributed by atoms with E-state index < -0.39 is 17.3 Å². The predicted molar refractivity (Wildman–Crippen MR) is 94.6 cm³/mol. The number of terminal acetylenes is 1. The number of halogens is 2. The van der Waals surface area contributed by atoms with Gasteiger partial charge in [0.2, 0.25) is 5.91 Å². The maximum absolute atomic E-state index is 13.4. The lowest BCUT2D eigenvalue weighted by Crippen LogP contribution is -2.31. The van der Waals surface area contributed by atoms with Crippen LogP contribution in [0, 0.1) is 29.9 Å². The first-order valence-corrected chi connectivity index (χ1v) is 8.85. The van der Waals surface area contributed by atoms with Crippen LogP contribution in [-0.2, 0) is 4.79 Å². The third-order valence-corrected chi connectivity index (χ3v) is 4.95. The van der Waals surface area contributed by atoms with Crippen molar-refractivity contribution in [1.29, 1.82) is 0 Å². The van der Waals surface area contributed by atoms with Crippen LogP contribution in [0.3, 0.4) is 0 Å². The second-order valence-electron chi connectivity index (χ2n) is 6.89. The van der Waals surface area contributed by atoms with E-state index in [0.29, 0.717) is 44.5 Å². The fourth-order valence-electron chi connectivity index (χ4n) is 3.24. The fourth-order valence-corrected chi connectivity index (χ4v) is 3.24. The molecule has 2 aliphatic rings. The Bertz CT molecular complexity index is 738. The Labute approximate surface area is 151 Å². The Hall–Kier alpha value is -2.49. The van der Waals surface area contributed by atoms with Gasteiger partial charge in [-0.15, -0.1) is 12.3 Å². The standard InChI is InChI=1S/C19H22F2N4O/c1-2-3-8-19(23-24-19)9-6-18(26)22-12-14-7-10-25(13-14)15-4-5-16(20)17(21)11-15/h1,4-5,11,14H,3,6-10,12-13H2,(H,22,26). The van der Waals surface area contributed by atoms with Crippen LogP contribution in [0.15, 0.2) is 28.4 Å². The maximum Gasteiger partial charge on any atom is 0.220 e. The van der Waals surface area contributed by atoms with Gasteiger partial charge >= 0.3 is 0 Å². The molecule has 0 bridgehead atoms. The minimum atomic E-state index is -0.842. The van der Waals surface area contributed by atoms with Crippen molar-refractivity contribution in [3.8, 4) is 12.3 Å². The van der Waals surface area contributed by atoms with Crippen molar-refractivity contribution >= 4 is 11.6 Å². The molecule has 1 fully saturated rings. The van der Waals surface area contributed by atoms with E-state index in [4.69, 9.17) is 6.42 Å². The Morgan fingerprint density at radius 3 is 2.85 bits per heavy atom. The first kappa shape index (κ1) is 18.3. The lowest BCUT2D eigenvalue weighted by Gasteiger charge is -2.19. The van der Waals surface area contributed by atoms with Gasteiger partial charge in [0.05, 0.1) is 0 Å². The number of anilines is 1. The van der Waals surface area contributed by atoms with Gasteiger partial charge < -0.3 is 10.2 Å². The minimum Gasteiger partial charge on any atom is -0.371 e. The molecule has 5 nitrogen and oxygen atoms in total. The smallest absolute Gasteiger partial charge is 0.220 e. The van der Waals surface area contributed by atoms with E-state index in [-0.39, 0.29) is 11.8 Å². The number of nitrogens with zero attached hydrogens (tertiary/aromatic N) is 3. The molecule has 0 aromatic heterocycles. The average Bonchev–Trinajstić information content (AvgIpc) is 3.25. The molecule has 26 heavy (non-hydrogen) atoms. The number of rotatable bonds is 8. The van der Waals surface area contributed by atoms with Gasteiger partial charge in [0.1, 0.15) is 0 Å². The van der Waals surface area contributed by atoms with Gasteiger partial charge in [-0.1, -0.05) is 0 Å². The van der Waals surface area contributed by atoms with Gasteiger partial charge in [-0.2, -0.15) is 10.2 Å². The summed E-state index contributed by atoms with van der Waals surface area (Å²) in [5, 5.41) is 11.0. The lowest BCUT2D eigenvalue weighted by molar-refractivity contribution is -0.121. The third kappa shape index (κ3) is 4.57. The molecule has 0 radical (unpaired) electrons. The molecule has 3 rings (SSSR count). The van der Waals surface area contributed by atoms with Crippen LogP contribution in [0.1, 0.15) is 32.1 Å². The molecule has 1 N–H and O–H groups in total. The topological polar surface area (TPSA) is 57.1 Å². The molecular weight excluding hydrogens is 338 g/mol. The quantitative estimate of drug-likeness (QED) is 0.724. The van der Waals surface area contributed by atoms with Gasteiger partial charge in [0.25, 0.3) is 0 Å². The number of carbonyl (C=O) groups is 1. The summed E-state index contributed by atoms with van der Waals surface area (Å²) in [5.41, 5.74) is 0.241. The highest BCUT2D eigenvalue weighted by Gasteiger charge is 2.39. The summed E-state index contributed by atoms with van der Waals surface area (Å²) in [6.07, 6.45) is 8.42. The number of hydrogen-bond acceptors (Lipinski definition) is 4. The van der Waals surface area contributed by atoms with Gasteiger partial charge in [-0.25, -0.2) is 8.78 Å². The summed E-state index contributed by atoms with van der Waals surface area (Å²) < 4.78 is 26.4. The zero-order valence-electron chi connectivity index (χ0n) is 14.5. The van der Waals surface area contributed by atoms with Crippen LogP contribution in [0.25, 0.3) is 0 Å². The van der Waals surface area contributed by atoms with Gasteiger partial charge in [0, 0.05) is 57.1 Å². The summed E-state index contributed by atoms with van der Waals surface area (Å²) in [4.78, 5) is 14.1. The number of nitrogens with one attached hydrogen (secondary N) is 1. The van der Waals surface area contributed by atoms with E-state index in [0.717, 1.165) is 19.0 Å². The van der Waals surface area contributed by atoms with Gasteiger partial charge in [-0.3, -0.25) is 4.79 Å². The van der Waals surface area contributed by atoms with Gasteiger partial charge in [0.15, 0.2) is 17.3 Å². The molecule has 1 aromatic carbocycles. The highest BCUT2D eigenvalue weighted by atomic mass is 19.2. The van der Waals surface area contributed by atoms with Crippen molar-refractivity contribution in [3.05, 3.63) is 29.8 Å². The normalized spacial score (nSPS) is 20.0. The summed E-state index contributed by atoms with van der Waals surface area (Å²) in [6.45, 7) is 2.05. The first-order chi connectivity index (χ1) is 12.5. The highest BCUT2D eigenvalue weighted by molar-refractivity contribution is 5.76. The summed E-state index contributed by atoms with van der Waals surface area (Å²) in [5.74, 6) is 1.16. The monoisotopic (exact) mass is 360 g/mol. The number of carbonyl (C=O) groups excluding carboxylic acids is 1. The van der Waals surface area contributed by atoms with Crippen LogP contribution < -0.4 is 10.2 Å². The van der Waals surface area contributed by atoms with Crippen molar-refractivity contribution in [1.82, 2.24) is 5.32 Å². The van der Waals surface area contributed by atoms with E-state index in [9.17, 15) is 13.6 Å².